The van der Waals surface area contributed by atoms with Crippen molar-refractivity contribution >= 4 is 38.4 Å². The van der Waals surface area contributed by atoms with Gasteiger partial charge in [0.1, 0.15) is 0 Å². The van der Waals surface area contributed by atoms with Crippen LogP contribution >= 0.6 is 15.9 Å². The number of hydrogen-bond acceptors (Lipinski definition) is 3. The molecule has 1 heterocycles. The van der Waals surface area contributed by atoms with Gasteiger partial charge in [0, 0.05) is 33.1 Å². The number of hydrogen-bond donors (Lipinski definition) is 0. The van der Waals surface area contributed by atoms with Crippen LogP contribution in [0, 0.1) is 16.1 Å². The molecule has 4 aromatic rings. The lowest BCUT2D eigenvalue weighted by Crippen LogP contribution is -2.14. The number of halogens is 2. The molecule has 0 saturated heterocycles. The van der Waals surface area contributed by atoms with E-state index in [0.717, 1.165) is 9.04 Å². The van der Waals surface area contributed by atoms with Crippen molar-refractivity contribution in [2.75, 3.05) is 0 Å². The van der Waals surface area contributed by atoms with Gasteiger partial charge in [-0.05, 0) is 48.0 Å². The molecule has 5 nitrogen and oxygen atoms in total. The van der Waals surface area contributed by atoms with Gasteiger partial charge in [0.25, 0.3) is 11.6 Å². The Kier molecular flexibility index (Phi) is 4.52. The molecule has 0 saturated carbocycles. The second-order valence-electron chi connectivity index (χ2n) is 6.13. The molecular weight excluding hydrogens is 427 g/mol. The first-order valence-corrected chi connectivity index (χ1v) is 9.10. The summed E-state index contributed by atoms with van der Waals surface area (Å²) >= 11 is 3.32. The summed E-state index contributed by atoms with van der Waals surface area (Å²) in [4.78, 5) is 23.4. The summed E-state index contributed by atoms with van der Waals surface area (Å²) in [5.74, 6) is -1.20. The van der Waals surface area contributed by atoms with Crippen LogP contribution in [0.15, 0.2) is 77.3 Å². The lowest BCUT2D eigenvalue weighted by molar-refractivity contribution is -0.384. The second kappa shape index (κ2) is 7.01. The minimum atomic E-state index is -0.706. The van der Waals surface area contributed by atoms with E-state index in [1.54, 1.807) is 48.5 Å². The third-order valence-electron chi connectivity index (χ3n) is 4.48. The average molecular weight is 439 g/mol. The molecule has 0 aliphatic rings. The molecule has 0 N–H and O–H groups in total. The highest BCUT2D eigenvalue weighted by molar-refractivity contribution is 9.10. The largest absolute Gasteiger partial charge is 0.269 e. The number of carbonyl (C=O) groups is 1. The first-order chi connectivity index (χ1) is 13.5. The monoisotopic (exact) mass is 438 g/mol. The highest BCUT2D eigenvalue weighted by atomic mass is 79.9. The molecule has 0 aliphatic heterocycles. The summed E-state index contributed by atoms with van der Waals surface area (Å²) in [6.07, 6.45) is 0. The minimum absolute atomic E-state index is 0.0844. The van der Waals surface area contributed by atoms with Crippen molar-refractivity contribution in [1.82, 2.24) is 4.57 Å². The Hall–Kier alpha value is -3.32. The van der Waals surface area contributed by atoms with Gasteiger partial charge in [-0.2, -0.15) is 4.39 Å². The van der Waals surface area contributed by atoms with Crippen LogP contribution < -0.4 is 0 Å². The van der Waals surface area contributed by atoms with Gasteiger partial charge in [-0.1, -0.05) is 34.1 Å². The van der Waals surface area contributed by atoms with E-state index in [1.807, 2.05) is 0 Å². The van der Waals surface area contributed by atoms with E-state index in [4.69, 9.17) is 0 Å². The molecule has 28 heavy (non-hydrogen) atoms. The summed E-state index contributed by atoms with van der Waals surface area (Å²) in [7, 11) is 0. The van der Waals surface area contributed by atoms with Gasteiger partial charge >= 0.3 is 0 Å². The molecule has 0 aliphatic carbocycles. The number of aromatic nitrogens is 1. The first kappa shape index (κ1) is 18.1. The van der Waals surface area contributed by atoms with E-state index in [0.29, 0.717) is 22.0 Å². The van der Waals surface area contributed by atoms with Crippen molar-refractivity contribution in [3.8, 4) is 11.1 Å². The van der Waals surface area contributed by atoms with Crippen LogP contribution in [-0.4, -0.2) is 15.4 Å². The normalized spacial score (nSPS) is 10.9. The van der Waals surface area contributed by atoms with Gasteiger partial charge in [0.15, 0.2) is 0 Å². The number of nitro groups is 1. The number of carbonyl (C=O) groups excluding carboxylic acids is 1. The van der Waals surface area contributed by atoms with Gasteiger partial charge in [-0.25, -0.2) is 0 Å². The van der Waals surface area contributed by atoms with E-state index < -0.39 is 16.8 Å². The Labute approximate surface area is 167 Å². The molecule has 1 aromatic heterocycles. The molecule has 0 amide bonds. The fourth-order valence-corrected chi connectivity index (χ4v) is 3.42. The number of fused-ring (bicyclic) bond motifs is 1. The third-order valence-corrected chi connectivity index (χ3v) is 5.01. The standard InChI is InChI=1S/C21H12BrFN2O3/c22-15-9-5-14(6-10-15)21(26)24-18-4-2-1-3-17(18)19(20(24)23)13-7-11-16(12-8-13)25(27)28/h1-12H. The highest BCUT2D eigenvalue weighted by Gasteiger charge is 2.23. The molecule has 0 bridgehead atoms. The predicted octanol–water partition coefficient (Wildman–Crippen LogP) is 5.81. The van der Waals surface area contributed by atoms with E-state index in [1.165, 1.54) is 24.3 Å². The van der Waals surface area contributed by atoms with Crippen molar-refractivity contribution in [3.63, 3.8) is 0 Å². The minimum Gasteiger partial charge on any atom is -0.268 e. The van der Waals surface area contributed by atoms with Gasteiger partial charge in [-0.3, -0.25) is 19.5 Å². The zero-order valence-electron chi connectivity index (χ0n) is 14.3. The lowest BCUT2D eigenvalue weighted by atomic mass is 10.0. The summed E-state index contributed by atoms with van der Waals surface area (Å²) in [5.41, 5.74) is 1.39. The molecule has 3 aromatic carbocycles. The maximum Gasteiger partial charge on any atom is 0.269 e. The molecule has 0 radical (unpaired) electrons. The number of benzene rings is 3. The maximum atomic E-state index is 15.4. The number of nitro benzene ring substituents is 1. The topological polar surface area (TPSA) is 65.1 Å². The van der Waals surface area contributed by atoms with Crippen molar-refractivity contribution in [1.29, 1.82) is 0 Å². The first-order valence-electron chi connectivity index (χ1n) is 8.31. The van der Waals surface area contributed by atoms with Crippen molar-refractivity contribution in [2.45, 2.75) is 0 Å². The molecule has 0 spiro atoms. The van der Waals surface area contributed by atoms with Crippen molar-refractivity contribution in [3.05, 3.63) is 98.9 Å². The van der Waals surface area contributed by atoms with E-state index in [-0.39, 0.29) is 11.3 Å². The maximum absolute atomic E-state index is 15.4. The predicted molar refractivity (Wildman–Crippen MR) is 108 cm³/mol. The smallest absolute Gasteiger partial charge is 0.268 e. The Morgan fingerprint density at radius 2 is 1.61 bits per heavy atom. The Morgan fingerprint density at radius 1 is 0.964 bits per heavy atom. The Bertz CT molecular complexity index is 1220. The van der Waals surface area contributed by atoms with Crippen molar-refractivity contribution < 1.29 is 14.1 Å². The van der Waals surface area contributed by atoms with Crippen LogP contribution in [0.3, 0.4) is 0 Å². The highest BCUT2D eigenvalue weighted by Crippen LogP contribution is 2.35. The molecule has 0 unspecified atom stereocenters. The van der Waals surface area contributed by atoms with Gasteiger partial charge < -0.3 is 0 Å². The lowest BCUT2D eigenvalue weighted by Gasteiger charge is -2.05. The van der Waals surface area contributed by atoms with Crippen LogP contribution in [0.2, 0.25) is 0 Å². The summed E-state index contributed by atoms with van der Waals surface area (Å²) in [6, 6.07) is 19.1. The molecule has 0 fully saturated rings. The average Bonchev–Trinajstić information content (AvgIpc) is 3.00. The fraction of sp³-hybridized carbons (Fsp3) is 0. The zero-order valence-corrected chi connectivity index (χ0v) is 15.9. The number of non-ortho nitro benzene ring substituents is 1. The van der Waals surface area contributed by atoms with Crippen LogP contribution in [0.4, 0.5) is 10.1 Å². The third kappa shape index (κ3) is 2.99. The quantitative estimate of drug-likeness (QED) is 0.299. The van der Waals surface area contributed by atoms with Crippen LogP contribution in [0.1, 0.15) is 10.4 Å². The molecular formula is C21H12BrFN2O3. The molecule has 0 atom stereocenters. The van der Waals surface area contributed by atoms with Gasteiger partial charge in [0.2, 0.25) is 5.95 Å². The van der Waals surface area contributed by atoms with Crippen molar-refractivity contribution in [2.24, 2.45) is 0 Å². The van der Waals surface area contributed by atoms with Crippen LogP contribution in [0.25, 0.3) is 22.0 Å². The molecule has 4 rings (SSSR count). The SMILES string of the molecule is O=C(c1ccc(Br)cc1)n1c(F)c(-c2ccc([N+](=O)[O-])cc2)c2ccccc21. The number of para-hydroxylation sites is 1. The van der Waals surface area contributed by atoms with Gasteiger partial charge in [0.05, 0.1) is 10.4 Å². The van der Waals surface area contributed by atoms with E-state index >= 15 is 4.39 Å². The Balaban J connectivity index is 1.92. The zero-order chi connectivity index (χ0) is 19.8. The summed E-state index contributed by atoms with van der Waals surface area (Å²) in [5, 5.41) is 11.4. The van der Waals surface area contributed by atoms with Gasteiger partial charge in [-0.15, -0.1) is 0 Å². The summed E-state index contributed by atoms with van der Waals surface area (Å²) in [6.45, 7) is 0. The number of rotatable bonds is 3. The summed E-state index contributed by atoms with van der Waals surface area (Å²) < 4.78 is 17.3. The molecule has 7 heteroatoms. The van der Waals surface area contributed by atoms with E-state index in [2.05, 4.69) is 15.9 Å². The second-order valence-corrected chi connectivity index (χ2v) is 7.05. The van der Waals surface area contributed by atoms with Crippen LogP contribution in [0.5, 0.6) is 0 Å². The number of nitrogens with zero attached hydrogens (tertiary/aromatic N) is 2. The fourth-order valence-electron chi connectivity index (χ4n) is 3.15. The Morgan fingerprint density at radius 3 is 2.25 bits per heavy atom. The van der Waals surface area contributed by atoms with Crippen LogP contribution in [-0.2, 0) is 0 Å². The van der Waals surface area contributed by atoms with E-state index in [9.17, 15) is 14.9 Å². The molecule has 138 valence electrons.